The van der Waals surface area contributed by atoms with Crippen molar-refractivity contribution >= 4 is 43.4 Å². The lowest BCUT2D eigenvalue weighted by molar-refractivity contribution is 1.22. The Hall–Kier alpha value is -3.78. The van der Waals surface area contributed by atoms with Gasteiger partial charge in [-0.25, -0.2) is 4.98 Å². The predicted octanol–water partition coefficient (Wildman–Crippen LogP) is 6.47. The van der Waals surface area contributed by atoms with E-state index >= 15 is 0 Å². The van der Waals surface area contributed by atoms with Crippen molar-refractivity contribution in [1.29, 1.82) is 0 Å². The smallest absolute Gasteiger partial charge is 0.0896 e. The number of hydrogen-bond donors (Lipinski definition) is 0. The van der Waals surface area contributed by atoms with Gasteiger partial charge < -0.3 is 0 Å². The van der Waals surface area contributed by atoms with Crippen LogP contribution in [0.15, 0.2) is 60.8 Å². The lowest BCUT2D eigenvalue weighted by atomic mass is 9.92. The maximum Gasteiger partial charge on any atom is 0.0896 e. The van der Waals surface area contributed by atoms with Crippen LogP contribution in [-0.2, 0) is 19.3 Å². The van der Waals surface area contributed by atoms with Crippen LogP contribution in [0.4, 0.5) is 0 Å². The van der Waals surface area contributed by atoms with Crippen molar-refractivity contribution in [3.8, 4) is 11.3 Å². The second-order valence-electron chi connectivity index (χ2n) is 9.35. The molecule has 142 valence electrons. The molecule has 0 saturated carbocycles. The molecule has 6 aromatic rings. The van der Waals surface area contributed by atoms with Crippen LogP contribution in [0, 0.1) is 0 Å². The van der Waals surface area contributed by atoms with Crippen molar-refractivity contribution in [2.75, 3.05) is 0 Å². The van der Waals surface area contributed by atoms with E-state index in [0.29, 0.717) is 0 Å². The van der Waals surface area contributed by atoms with Gasteiger partial charge in [-0.3, -0.25) is 4.98 Å². The summed E-state index contributed by atoms with van der Waals surface area (Å²) in [7, 11) is 0. The second kappa shape index (κ2) is 4.76. The summed E-state index contributed by atoms with van der Waals surface area (Å²) in [4.78, 5) is 9.77. The highest BCUT2D eigenvalue weighted by Crippen LogP contribution is 2.54. The molecule has 1 heterocycles. The van der Waals surface area contributed by atoms with Crippen molar-refractivity contribution in [2.45, 2.75) is 19.3 Å². The summed E-state index contributed by atoms with van der Waals surface area (Å²) in [5.41, 5.74) is 13.1. The molecule has 0 radical (unpaired) electrons. The van der Waals surface area contributed by atoms with Crippen LogP contribution in [-0.4, -0.2) is 9.97 Å². The lowest BCUT2D eigenvalue weighted by Gasteiger charge is -2.12. The fourth-order valence-electron chi connectivity index (χ4n) is 6.69. The standard InChI is InChI=1S/C29H16N2/c1-2-4-22-21(3-1)30-13-23(31-22)19-12-18-10-16-6-5-14-9-15-7-8-17-11-20(19)29-27(17)25(15)24(14)26(16)28(18)29/h1-8,12-13H,9-11H2. The third-order valence-corrected chi connectivity index (χ3v) is 7.88. The van der Waals surface area contributed by atoms with Crippen LogP contribution in [0.2, 0.25) is 0 Å². The first-order valence-corrected chi connectivity index (χ1v) is 11.1. The number of rotatable bonds is 1. The van der Waals surface area contributed by atoms with E-state index in [0.717, 1.165) is 36.0 Å². The van der Waals surface area contributed by atoms with Crippen molar-refractivity contribution in [3.05, 3.63) is 94.2 Å². The number of aromatic nitrogens is 2. The van der Waals surface area contributed by atoms with E-state index in [2.05, 4.69) is 36.4 Å². The summed E-state index contributed by atoms with van der Waals surface area (Å²) < 4.78 is 0. The number of para-hydroxylation sites is 2. The Bertz CT molecular complexity index is 1820. The molecule has 0 saturated heterocycles. The Morgan fingerprint density at radius 3 is 1.87 bits per heavy atom. The van der Waals surface area contributed by atoms with E-state index in [1.165, 1.54) is 65.9 Å². The van der Waals surface area contributed by atoms with Crippen LogP contribution >= 0.6 is 0 Å². The summed E-state index contributed by atoms with van der Waals surface area (Å²) >= 11 is 0. The molecule has 0 N–H and O–H groups in total. The molecule has 9 rings (SSSR count). The van der Waals surface area contributed by atoms with Crippen molar-refractivity contribution in [2.24, 2.45) is 0 Å². The monoisotopic (exact) mass is 392 g/mol. The third-order valence-electron chi connectivity index (χ3n) is 7.88. The number of nitrogens with zero attached hydrogens (tertiary/aromatic N) is 2. The summed E-state index contributed by atoms with van der Waals surface area (Å²) in [6.45, 7) is 0. The van der Waals surface area contributed by atoms with E-state index in [9.17, 15) is 0 Å². The molecule has 0 spiro atoms. The molecule has 0 unspecified atom stereocenters. The average Bonchev–Trinajstić information content (AvgIpc) is 3.47. The first-order valence-electron chi connectivity index (χ1n) is 11.1. The second-order valence-corrected chi connectivity index (χ2v) is 9.35. The molecule has 31 heavy (non-hydrogen) atoms. The molecule has 3 aliphatic carbocycles. The van der Waals surface area contributed by atoms with Crippen LogP contribution in [0.5, 0.6) is 0 Å². The largest absolute Gasteiger partial charge is 0.252 e. The normalized spacial score (nSPS) is 14.7. The van der Waals surface area contributed by atoms with Crippen molar-refractivity contribution in [1.82, 2.24) is 9.97 Å². The Kier molecular flexibility index (Phi) is 2.31. The Labute approximate surface area is 178 Å². The fourth-order valence-corrected chi connectivity index (χ4v) is 6.69. The minimum Gasteiger partial charge on any atom is -0.252 e. The van der Waals surface area contributed by atoms with Crippen molar-refractivity contribution < 1.29 is 0 Å². The number of benzene rings is 5. The molecular weight excluding hydrogens is 376 g/mol. The zero-order chi connectivity index (χ0) is 19.8. The zero-order valence-electron chi connectivity index (χ0n) is 16.8. The van der Waals surface area contributed by atoms with Crippen LogP contribution < -0.4 is 0 Å². The van der Waals surface area contributed by atoms with E-state index in [1.807, 2.05) is 24.4 Å². The first kappa shape index (κ1) is 15.1. The summed E-state index contributed by atoms with van der Waals surface area (Å²) in [5, 5.41) is 9.14. The highest BCUT2D eigenvalue weighted by Gasteiger charge is 2.33. The third kappa shape index (κ3) is 1.59. The summed E-state index contributed by atoms with van der Waals surface area (Å²) in [6, 6.07) is 20.1. The molecule has 2 heteroatoms. The Morgan fingerprint density at radius 2 is 1.13 bits per heavy atom. The van der Waals surface area contributed by atoms with Gasteiger partial charge in [-0.15, -0.1) is 0 Å². The lowest BCUT2D eigenvalue weighted by Crippen LogP contribution is -1.95. The number of fused-ring (bicyclic) bond motifs is 1. The molecule has 2 nitrogen and oxygen atoms in total. The Balaban J connectivity index is 1.50. The first-order chi connectivity index (χ1) is 15.3. The minimum absolute atomic E-state index is 0.954. The number of hydrogen-bond acceptors (Lipinski definition) is 2. The molecule has 0 aliphatic heterocycles. The molecule has 0 amide bonds. The SMILES string of the molecule is c1ccc2nc(-c3cc4c5c6c(ccc7c6c6c(ccc8c6c5c3C8)C7)C4)cnc2c1. The van der Waals surface area contributed by atoms with E-state index in [-0.39, 0.29) is 0 Å². The molecule has 5 aromatic carbocycles. The highest BCUT2D eigenvalue weighted by molar-refractivity contribution is 6.33. The molecule has 1 aromatic heterocycles. The maximum atomic E-state index is 5.04. The molecule has 0 fully saturated rings. The molecule has 3 aliphatic rings. The van der Waals surface area contributed by atoms with Crippen LogP contribution in [0.25, 0.3) is 54.6 Å². The van der Waals surface area contributed by atoms with Gasteiger partial charge in [0.1, 0.15) is 0 Å². The van der Waals surface area contributed by atoms with Gasteiger partial charge in [0.15, 0.2) is 0 Å². The van der Waals surface area contributed by atoms with Gasteiger partial charge in [0.05, 0.1) is 22.9 Å². The van der Waals surface area contributed by atoms with E-state index in [1.54, 1.807) is 5.39 Å². The van der Waals surface area contributed by atoms with Gasteiger partial charge in [0, 0.05) is 5.56 Å². The van der Waals surface area contributed by atoms with Gasteiger partial charge >= 0.3 is 0 Å². The predicted molar refractivity (Wildman–Crippen MR) is 126 cm³/mol. The van der Waals surface area contributed by atoms with Crippen LogP contribution in [0.1, 0.15) is 33.4 Å². The van der Waals surface area contributed by atoms with Gasteiger partial charge in [-0.2, -0.15) is 0 Å². The molecule has 0 bridgehead atoms. The van der Waals surface area contributed by atoms with Gasteiger partial charge in [-0.1, -0.05) is 36.4 Å². The van der Waals surface area contributed by atoms with E-state index in [4.69, 9.17) is 9.97 Å². The van der Waals surface area contributed by atoms with Crippen molar-refractivity contribution in [3.63, 3.8) is 0 Å². The van der Waals surface area contributed by atoms with Gasteiger partial charge in [0.25, 0.3) is 0 Å². The van der Waals surface area contributed by atoms with E-state index < -0.39 is 0 Å². The van der Waals surface area contributed by atoms with Crippen LogP contribution in [0.3, 0.4) is 0 Å². The summed E-state index contributed by atoms with van der Waals surface area (Å²) in [5.74, 6) is 0. The molecular formula is C29H16N2. The molecule has 0 atom stereocenters. The topological polar surface area (TPSA) is 25.8 Å². The fraction of sp³-hybridized carbons (Fsp3) is 0.103. The van der Waals surface area contributed by atoms with Gasteiger partial charge in [0.2, 0.25) is 0 Å². The minimum atomic E-state index is 0.954. The van der Waals surface area contributed by atoms with Gasteiger partial charge in [-0.05, 0) is 103 Å². The average molecular weight is 392 g/mol. The highest BCUT2D eigenvalue weighted by atomic mass is 14.8. The zero-order valence-corrected chi connectivity index (χ0v) is 16.8. The Morgan fingerprint density at radius 1 is 0.548 bits per heavy atom. The summed E-state index contributed by atoms with van der Waals surface area (Å²) in [6.07, 6.45) is 5.06. The maximum absolute atomic E-state index is 5.04. The quantitative estimate of drug-likeness (QED) is 0.299.